The van der Waals surface area contributed by atoms with Crippen LogP contribution in [0.15, 0.2) is 18.2 Å². The molecule has 2 rings (SSSR count). The van der Waals surface area contributed by atoms with Crippen molar-refractivity contribution in [3.05, 3.63) is 23.8 Å². The van der Waals surface area contributed by atoms with Crippen LogP contribution in [0.3, 0.4) is 0 Å². The van der Waals surface area contributed by atoms with E-state index in [0.717, 1.165) is 31.5 Å². The van der Waals surface area contributed by atoms with Gasteiger partial charge < -0.3 is 20.1 Å². The number of benzene rings is 1. The van der Waals surface area contributed by atoms with Crippen LogP contribution >= 0.6 is 0 Å². The topological polar surface area (TPSA) is 59.6 Å². The van der Waals surface area contributed by atoms with E-state index in [1.54, 1.807) is 14.2 Å². The van der Waals surface area contributed by atoms with Gasteiger partial charge >= 0.3 is 0 Å². The van der Waals surface area contributed by atoms with Crippen LogP contribution in [0.2, 0.25) is 0 Å². The summed E-state index contributed by atoms with van der Waals surface area (Å²) in [4.78, 5) is 12.0. The van der Waals surface area contributed by atoms with Gasteiger partial charge in [-0.2, -0.15) is 0 Å². The highest BCUT2D eigenvalue weighted by Crippen LogP contribution is 2.27. The molecule has 1 aromatic rings. The lowest BCUT2D eigenvalue weighted by molar-refractivity contribution is -0.121. The molecule has 1 saturated heterocycles. The van der Waals surface area contributed by atoms with E-state index < -0.39 is 0 Å². The lowest BCUT2D eigenvalue weighted by Gasteiger charge is -2.23. The molecule has 1 aliphatic rings. The molecule has 2 N–H and O–H groups in total. The fraction of sp³-hybridized carbons (Fsp3) is 0.533. The first kappa shape index (κ1) is 14.7. The molecule has 0 radical (unpaired) electrons. The van der Waals surface area contributed by atoms with Gasteiger partial charge in [-0.3, -0.25) is 4.79 Å². The Balaban J connectivity index is 1.93. The highest BCUT2D eigenvalue weighted by atomic mass is 16.5. The average Bonchev–Trinajstić information content (AvgIpc) is 2.48. The molecular formula is C15H22N2O3. The highest BCUT2D eigenvalue weighted by molar-refractivity contribution is 5.79. The summed E-state index contributed by atoms with van der Waals surface area (Å²) in [5.74, 6) is 1.39. The molecule has 20 heavy (non-hydrogen) atoms. The molecular weight excluding hydrogens is 256 g/mol. The first-order valence-corrected chi connectivity index (χ1v) is 6.94. The quantitative estimate of drug-likeness (QED) is 0.847. The van der Waals surface area contributed by atoms with Crippen molar-refractivity contribution in [3.8, 4) is 11.5 Å². The van der Waals surface area contributed by atoms with Crippen LogP contribution in [-0.4, -0.2) is 39.3 Å². The number of amides is 1. The maximum atomic E-state index is 12.0. The van der Waals surface area contributed by atoms with Crippen molar-refractivity contribution >= 4 is 5.91 Å². The number of carbonyl (C=O) groups is 1. The van der Waals surface area contributed by atoms with Gasteiger partial charge in [0.2, 0.25) is 5.91 Å². The van der Waals surface area contributed by atoms with Crippen molar-refractivity contribution < 1.29 is 14.3 Å². The number of hydrogen-bond acceptors (Lipinski definition) is 4. The smallest absolute Gasteiger partial charge is 0.224 e. The number of methoxy groups -OCH3 is 2. The molecule has 0 aliphatic carbocycles. The third-order valence-corrected chi connectivity index (χ3v) is 3.52. The summed E-state index contributed by atoms with van der Waals surface area (Å²) in [5, 5.41) is 6.37. The van der Waals surface area contributed by atoms with Gasteiger partial charge in [0.15, 0.2) is 11.5 Å². The average molecular weight is 278 g/mol. The van der Waals surface area contributed by atoms with E-state index in [9.17, 15) is 4.79 Å². The van der Waals surface area contributed by atoms with Crippen LogP contribution in [-0.2, 0) is 11.2 Å². The summed E-state index contributed by atoms with van der Waals surface area (Å²) in [7, 11) is 3.19. The van der Waals surface area contributed by atoms with Crippen molar-refractivity contribution in [1.82, 2.24) is 10.6 Å². The second kappa shape index (κ2) is 7.14. The van der Waals surface area contributed by atoms with Crippen LogP contribution in [0.5, 0.6) is 11.5 Å². The van der Waals surface area contributed by atoms with E-state index in [4.69, 9.17) is 9.47 Å². The molecule has 110 valence electrons. The Kier molecular flexibility index (Phi) is 5.24. The zero-order chi connectivity index (χ0) is 14.4. The SMILES string of the molecule is COc1ccc(CC(=O)NC2CCNCC2)cc1OC. The lowest BCUT2D eigenvalue weighted by Crippen LogP contribution is -2.43. The molecule has 5 nitrogen and oxygen atoms in total. The number of hydrogen-bond donors (Lipinski definition) is 2. The zero-order valence-corrected chi connectivity index (χ0v) is 12.1. The fourth-order valence-corrected chi connectivity index (χ4v) is 2.42. The van der Waals surface area contributed by atoms with E-state index in [-0.39, 0.29) is 5.91 Å². The molecule has 1 aliphatic heterocycles. The number of nitrogens with one attached hydrogen (secondary N) is 2. The predicted octanol–water partition coefficient (Wildman–Crippen LogP) is 1.11. The number of carbonyl (C=O) groups excluding carboxylic acids is 1. The van der Waals surface area contributed by atoms with Gasteiger partial charge in [-0.25, -0.2) is 0 Å². The molecule has 0 bridgehead atoms. The molecule has 0 saturated carbocycles. The van der Waals surface area contributed by atoms with E-state index in [2.05, 4.69) is 10.6 Å². The van der Waals surface area contributed by atoms with E-state index >= 15 is 0 Å². The second-order valence-electron chi connectivity index (χ2n) is 4.96. The van der Waals surface area contributed by atoms with Crippen LogP contribution in [0, 0.1) is 0 Å². The molecule has 0 aromatic heterocycles. The summed E-state index contributed by atoms with van der Waals surface area (Å²) in [6.45, 7) is 1.95. The van der Waals surface area contributed by atoms with Gasteiger partial charge in [-0.1, -0.05) is 6.07 Å². The summed E-state index contributed by atoms with van der Waals surface area (Å²) in [5.41, 5.74) is 0.925. The van der Waals surface area contributed by atoms with E-state index in [1.165, 1.54) is 0 Å². The third-order valence-electron chi connectivity index (χ3n) is 3.52. The number of piperidine rings is 1. The van der Waals surface area contributed by atoms with Crippen molar-refractivity contribution in [1.29, 1.82) is 0 Å². The van der Waals surface area contributed by atoms with Crippen LogP contribution < -0.4 is 20.1 Å². The van der Waals surface area contributed by atoms with Gasteiger partial charge in [0.05, 0.1) is 20.6 Å². The molecule has 5 heteroatoms. The Hall–Kier alpha value is -1.75. The van der Waals surface area contributed by atoms with Crippen LogP contribution in [0.4, 0.5) is 0 Å². The largest absolute Gasteiger partial charge is 0.493 e. The number of ether oxygens (including phenoxy) is 2. The van der Waals surface area contributed by atoms with Crippen LogP contribution in [0.25, 0.3) is 0 Å². The Morgan fingerprint density at radius 2 is 1.95 bits per heavy atom. The minimum absolute atomic E-state index is 0.0594. The lowest BCUT2D eigenvalue weighted by atomic mass is 10.1. The second-order valence-corrected chi connectivity index (χ2v) is 4.96. The zero-order valence-electron chi connectivity index (χ0n) is 12.1. The predicted molar refractivity (Wildman–Crippen MR) is 77.3 cm³/mol. The van der Waals surface area contributed by atoms with Gasteiger partial charge in [0.1, 0.15) is 0 Å². The molecule has 1 fully saturated rings. The van der Waals surface area contributed by atoms with E-state index in [1.807, 2.05) is 18.2 Å². The summed E-state index contributed by atoms with van der Waals surface area (Å²) >= 11 is 0. The van der Waals surface area contributed by atoms with Gasteiger partial charge in [-0.15, -0.1) is 0 Å². The fourth-order valence-electron chi connectivity index (χ4n) is 2.42. The highest BCUT2D eigenvalue weighted by Gasteiger charge is 2.16. The molecule has 1 amide bonds. The summed E-state index contributed by atoms with van der Waals surface area (Å²) < 4.78 is 10.4. The van der Waals surface area contributed by atoms with Crippen molar-refractivity contribution in [2.24, 2.45) is 0 Å². The van der Waals surface area contributed by atoms with Crippen LogP contribution in [0.1, 0.15) is 18.4 Å². The molecule has 1 aromatic carbocycles. The van der Waals surface area contributed by atoms with E-state index in [0.29, 0.717) is 24.0 Å². The van der Waals surface area contributed by atoms with Gasteiger partial charge in [0, 0.05) is 6.04 Å². The summed E-state index contributed by atoms with van der Waals surface area (Å²) in [6.07, 6.45) is 2.36. The Morgan fingerprint density at radius 3 is 2.60 bits per heavy atom. The Labute approximate surface area is 119 Å². The minimum Gasteiger partial charge on any atom is -0.493 e. The minimum atomic E-state index is 0.0594. The number of rotatable bonds is 5. The molecule has 1 heterocycles. The first-order valence-electron chi connectivity index (χ1n) is 6.94. The molecule has 0 spiro atoms. The van der Waals surface area contributed by atoms with Crippen molar-refractivity contribution in [3.63, 3.8) is 0 Å². The monoisotopic (exact) mass is 278 g/mol. The first-order chi connectivity index (χ1) is 9.72. The standard InChI is InChI=1S/C15H22N2O3/c1-19-13-4-3-11(9-14(13)20-2)10-15(18)17-12-5-7-16-8-6-12/h3-4,9,12,16H,5-8,10H2,1-2H3,(H,17,18). The molecule has 0 atom stereocenters. The maximum absolute atomic E-state index is 12.0. The van der Waals surface area contributed by atoms with Gasteiger partial charge in [0.25, 0.3) is 0 Å². The Bertz CT molecular complexity index is 456. The van der Waals surface area contributed by atoms with Crippen molar-refractivity contribution in [2.45, 2.75) is 25.3 Å². The summed E-state index contributed by atoms with van der Waals surface area (Å²) in [6, 6.07) is 5.86. The Morgan fingerprint density at radius 1 is 1.25 bits per heavy atom. The maximum Gasteiger partial charge on any atom is 0.224 e. The van der Waals surface area contributed by atoms with Crippen molar-refractivity contribution in [2.75, 3.05) is 27.3 Å². The third kappa shape index (κ3) is 3.87. The normalized spacial score (nSPS) is 15.7. The molecule has 0 unspecified atom stereocenters. The van der Waals surface area contributed by atoms with Gasteiger partial charge in [-0.05, 0) is 43.6 Å².